The lowest BCUT2D eigenvalue weighted by Crippen LogP contribution is -2.47. The zero-order chi connectivity index (χ0) is 13.7. The summed E-state index contributed by atoms with van der Waals surface area (Å²) in [5.41, 5.74) is 1.16. The summed E-state index contributed by atoms with van der Waals surface area (Å²) in [6.07, 6.45) is 10.8. The smallest absolute Gasteiger partial charge is 0.181 e. The summed E-state index contributed by atoms with van der Waals surface area (Å²) in [7, 11) is 0. The Morgan fingerprint density at radius 1 is 1.25 bits per heavy atom. The van der Waals surface area contributed by atoms with Gasteiger partial charge in [-0.25, -0.2) is 0 Å². The first-order valence-electron chi connectivity index (χ1n) is 8.22. The van der Waals surface area contributed by atoms with Gasteiger partial charge in [-0.3, -0.25) is 9.48 Å². The number of hydrogen-bond acceptors (Lipinski definition) is 2. The molecular weight excluding hydrogens is 248 g/mol. The fraction of sp³-hybridized carbons (Fsp3) is 0.765. The number of rotatable bonds is 4. The molecule has 1 heterocycles. The first-order chi connectivity index (χ1) is 9.67. The maximum absolute atomic E-state index is 12.7. The van der Waals surface area contributed by atoms with Crippen molar-refractivity contribution in [1.29, 1.82) is 0 Å². The Morgan fingerprint density at radius 3 is 2.40 bits per heavy atom. The molecule has 4 saturated carbocycles. The predicted octanol–water partition coefficient (Wildman–Crippen LogP) is 3.69. The van der Waals surface area contributed by atoms with Gasteiger partial charge in [-0.05, 0) is 74.7 Å². The fourth-order valence-electron chi connectivity index (χ4n) is 5.76. The number of carbonyl (C=O) groups excluding carboxylic acids is 1. The minimum atomic E-state index is 0.325. The van der Waals surface area contributed by atoms with Crippen molar-refractivity contribution in [3.8, 4) is 0 Å². The number of carbonyl (C=O) groups is 1. The van der Waals surface area contributed by atoms with Crippen LogP contribution in [0.2, 0.25) is 0 Å². The van der Waals surface area contributed by atoms with Crippen LogP contribution in [0.5, 0.6) is 0 Å². The Bertz CT molecular complexity index is 496. The van der Waals surface area contributed by atoms with Crippen LogP contribution in [0.1, 0.15) is 62.4 Å². The molecule has 0 aromatic carbocycles. The van der Waals surface area contributed by atoms with Crippen LogP contribution in [0.15, 0.2) is 12.3 Å². The van der Waals surface area contributed by atoms with Crippen LogP contribution in [0.4, 0.5) is 0 Å². The van der Waals surface area contributed by atoms with Gasteiger partial charge in [0.1, 0.15) is 5.69 Å². The van der Waals surface area contributed by atoms with Gasteiger partial charge in [0.05, 0.1) is 0 Å². The highest BCUT2D eigenvalue weighted by Gasteiger charge is 2.51. The molecule has 1 aromatic rings. The summed E-state index contributed by atoms with van der Waals surface area (Å²) in [4.78, 5) is 12.7. The van der Waals surface area contributed by atoms with Gasteiger partial charge >= 0.3 is 0 Å². The molecule has 0 radical (unpaired) electrons. The lowest BCUT2D eigenvalue weighted by molar-refractivity contribution is -0.0525. The number of Topliss-reactive ketones (excluding diaryl/α,β-unsaturated/α-hetero) is 1. The Kier molecular flexibility index (Phi) is 2.80. The lowest BCUT2D eigenvalue weighted by atomic mass is 9.48. The molecule has 4 fully saturated rings. The second-order valence-corrected chi connectivity index (χ2v) is 7.55. The molecule has 20 heavy (non-hydrogen) atoms. The predicted molar refractivity (Wildman–Crippen MR) is 77.5 cm³/mol. The summed E-state index contributed by atoms with van der Waals surface area (Å²) in [6.45, 7) is 2.84. The monoisotopic (exact) mass is 272 g/mol. The quantitative estimate of drug-likeness (QED) is 0.783. The van der Waals surface area contributed by atoms with Gasteiger partial charge < -0.3 is 0 Å². The van der Waals surface area contributed by atoms with Crippen molar-refractivity contribution in [2.24, 2.45) is 23.2 Å². The third-order valence-electron chi connectivity index (χ3n) is 6.00. The molecule has 4 aliphatic rings. The lowest BCUT2D eigenvalue weighted by Gasteiger charge is -2.56. The zero-order valence-electron chi connectivity index (χ0n) is 12.3. The number of aromatic nitrogens is 2. The van der Waals surface area contributed by atoms with Crippen molar-refractivity contribution >= 4 is 5.78 Å². The van der Waals surface area contributed by atoms with Crippen molar-refractivity contribution < 1.29 is 4.79 Å². The summed E-state index contributed by atoms with van der Waals surface area (Å²) in [5, 5.41) is 4.25. The maximum atomic E-state index is 12.7. The van der Waals surface area contributed by atoms with Crippen LogP contribution in [0, 0.1) is 23.2 Å². The molecule has 3 nitrogen and oxygen atoms in total. The van der Waals surface area contributed by atoms with E-state index in [1.54, 1.807) is 6.20 Å². The Morgan fingerprint density at radius 2 is 1.85 bits per heavy atom. The molecule has 5 rings (SSSR count). The Balaban J connectivity index is 1.55. The minimum Gasteiger partial charge on any atom is -0.292 e. The van der Waals surface area contributed by atoms with Crippen LogP contribution in [-0.4, -0.2) is 15.6 Å². The van der Waals surface area contributed by atoms with E-state index in [0.717, 1.165) is 36.4 Å². The first-order valence-corrected chi connectivity index (χ1v) is 8.22. The molecule has 4 bridgehead atoms. The standard InChI is InChI=1S/C17H24N2O/c1-2-19-15(3-4-18-19)16(20)11-17-8-12-5-13(9-17)7-14(6-12)10-17/h3-4,12-14H,2,5-11H2,1H3. The maximum Gasteiger partial charge on any atom is 0.181 e. The van der Waals surface area contributed by atoms with E-state index < -0.39 is 0 Å². The van der Waals surface area contributed by atoms with Crippen molar-refractivity contribution in [2.45, 2.75) is 58.4 Å². The SMILES string of the molecule is CCn1nccc1C(=O)CC12CC3CC(CC(C3)C1)C2. The summed E-state index contributed by atoms with van der Waals surface area (Å²) < 4.78 is 1.85. The molecule has 0 amide bonds. The molecule has 1 aromatic heterocycles. The Hall–Kier alpha value is -1.12. The topological polar surface area (TPSA) is 34.9 Å². The summed E-state index contributed by atoms with van der Waals surface area (Å²) >= 11 is 0. The highest BCUT2D eigenvalue weighted by molar-refractivity contribution is 5.94. The molecule has 0 spiro atoms. The molecule has 108 valence electrons. The van der Waals surface area contributed by atoms with E-state index in [1.807, 2.05) is 10.7 Å². The molecule has 0 saturated heterocycles. The van der Waals surface area contributed by atoms with Crippen molar-refractivity contribution in [3.63, 3.8) is 0 Å². The molecular formula is C17H24N2O. The van der Waals surface area contributed by atoms with Crippen molar-refractivity contribution in [1.82, 2.24) is 9.78 Å². The molecule has 4 aliphatic carbocycles. The van der Waals surface area contributed by atoms with Gasteiger partial charge in [0.2, 0.25) is 0 Å². The van der Waals surface area contributed by atoms with Gasteiger partial charge in [0.25, 0.3) is 0 Å². The second-order valence-electron chi connectivity index (χ2n) is 7.55. The second kappa shape index (κ2) is 4.44. The third-order valence-corrected chi connectivity index (χ3v) is 6.00. The van der Waals surface area contributed by atoms with E-state index in [4.69, 9.17) is 0 Å². The normalized spacial score (nSPS) is 38.4. The Labute approximate surface area is 120 Å². The van der Waals surface area contributed by atoms with Gasteiger partial charge in [0, 0.05) is 19.2 Å². The average molecular weight is 272 g/mol. The number of hydrogen-bond donors (Lipinski definition) is 0. The van der Waals surface area contributed by atoms with Gasteiger partial charge in [-0.2, -0.15) is 5.10 Å². The van der Waals surface area contributed by atoms with E-state index >= 15 is 0 Å². The number of nitrogens with zero attached hydrogens (tertiary/aromatic N) is 2. The molecule has 3 heteroatoms. The van der Waals surface area contributed by atoms with Gasteiger partial charge in [-0.15, -0.1) is 0 Å². The van der Waals surface area contributed by atoms with Crippen LogP contribution in [-0.2, 0) is 6.54 Å². The molecule has 0 atom stereocenters. The largest absolute Gasteiger partial charge is 0.292 e. The van der Waals surface area contributed by atoms with E-state index in [-0.39, 0.29) is 0 Å². The zero-order valence-corrected chi connectivity index (χ0v) is 12.3. The highest BCUT2D eigenvalue weighted by atomic mass is 16.1. The van der Waals surface area contributed by atoms with E-state index in [0.29, 0.717) is 11.2 Å². The highest BCUT2D eigenvalue weighted by Crippen LogP contribution is 2.61. The van der Waals surface area contributed by atoms with Gasteiger partial charge in [-0.1, -0.05) is 0 Å². The van der Waals surface area contributed by atoms with E-state index in [9.17, 15) is 4.79 Å². The van der Waals surface area contributed by atoms with Crippen LogP contribution >= 0.6 is 0 Å². The summed E-state index contributed by atoms with van der Waals surface area (Å²) in [5.74, 6) is 3.09. The van der Waals surface area contributed by atoms with Crippen molar-refractivity contribution in [2.75, 3.05) is 0 Å². The van der Waals surface area contributed by atoms with E-state index in [2.05, 4.69) is 12.0 Å². The average Bonchev–Trinajstić information content (AvgIpc) is 2.84. The number of ketones is 1. The van der Waals surface area contributed by atoms with Gasteiger partial charge in [0.15, 0.2) is 5.78 Å². The van der Waals surface area contributed by atoms with Crippen LogP contribution in [0.25, 0.3) is 0 Å². The van der Waals surface area contributed by atoms with Crippen LogP contribution < -0.4 is 0 Å². The van der Waals surface area contributed by atoms with E-state index in [1.165, 1.54) is 38.5 Å². The number of aryl methyl sites for hydroxylation is 1. The fourth-order valence-corrected chi connectivity index (χ4v) is 5.76. The molecule has 0 aliphatic heterocycles. The van der Waals surface area contributed by atoms with Crippen LogP contribution in [0.3, 0.4) is 0 Å². The van der Waals surface area contributed by atoms with Crippen molar-refractivity contribution in [3.05, 3.63) is 18.0 Å². The molecule has 0 N–H and O–H groups in total. The summed E-state index contributed by atoms with van der Waals surface area (Å²) in [6, 6.07) is 1.90. The third kappa shape index (κ3) is 1.94. The molecule has 0 unspecified atom stereocenters. The minimum absolute atomic E-state index is 0.325. The first kappa shape index (κ1) is 12.6.